The van der Waals surface area contributed by atoms with Crippen molar-refractivity contribution in [2.24, 2.45) is 0 Å². The normalized spacial score (nSPS) is 17.8. The SMILES string of the molecule is CC1/C(=C/c2ccc([N+](=O)[O-])cc2)C(=O)NN1c1nc(-c2cccnc2)cs1. The molecule has 140 valence electrons. The second-order valence-corrected chi connectivity index (χ2v) is 7.03. The molecule has 1 amide bonds. The number of rotatable bonds is 4. The first kappa shape index (κ1) is 17.8. The average Bonchev–Trinajstić information content (AvgIpc) is 3.30. The summed E-state index contributed by atoms with van der Waals surface area (Å²) in [7, 11) is 0. The van der Waals surface area contributed by atoms with Crippen LogP contribution in [-0.4, -0.2) is 26.8 Å². The average molecular weight is 393 g/mol. The third-order valence-electron chi connectivity index (χ3n) is 4.40. The topological polar surface area (TPSA) is 101 Å². The number of nitrogens with zero attached hydrogens (tertiary/aromatic N) is 4. The summed E-state index contributed by atoms with van der Waals surface area (Å²) >= 11 is 1.43. The molecule has 8 nitrogen and oxygen atoms in total. The highest BCUT2D eigenvalue weighted by molar-refractivity contribution is 7.14. The van der Waals surface area contributed by atoms with E-state index >= 15 is 0 Å². The second kappa shape index (κ2) is 7.20. The Hall–Kier alpha value is -3.59. The van der Waals surface area contributed by atoms with Crippen LogP contribution in [0, 0.1) is 10.1 Å². The Kier molecular flexibility index (Phi) is 4.58. The van der Waals surface area contributed by atoms with E-state index in [-0.39, 0.29) is 17.6 Å². The van der Waals surface area contributed by atoms with Gasteiger partial charge in [-0.1, -0.05) is 0 Å². The van der Waals surface area contributed by atoms with Crippen LogP contribution in [0.2, 0.25) is 0 Å². The molecule has 3 heterocycles. The number of hydrazine groups is 1. The van der Waals surface area contributed by atoms with E-state index in [1.54, 1.807) is 35.6 Å². The zero-order chi connectivity index (χ0) is 19.7. The molecule has 1 aliphatic rings. The van der Waals surface area contributed by atoms with Gasteiger partial charge in [-0.15, -0.1) is 11.3 Å². The van der Waals surface area contributed by atoms with E-state index in [9.17, 15) is 14.9 Å². The number of amides is 1. The highest BCUT2D eigenvalue weighted by atomic mass is 32.1. The van der Waals surface area contributed by atoms with Crippen molar-refractivity contribution in [2.75, 3.05) is 5.01 Å². The van der Waals surface area contributed by atoms with Gasteiger partial charge in [-0.3, -0.25) is 30.3 Å². The van der Waals surface area contributed by atoms with Crippen molar-refractivity contribution in [1.82, 2.24) is 15.4 Å². The van der Waals surface area contributed by atoms with Crippen LogP contribution in [-0.2, 0) is 4.79 Å². The molecule has 1 saturated heterocycles. The predicted molar refractivity (Wildman–Crippen MR) is 107 cm³/mol. The Balaban J connectivity index is 1.58. The van der Waals surface area contributed by atoms with Crippen LogP contribution in [0.4, 0.5) is 10.8 Å². The van der Waals surface area contributed by atoms with Gasteiger partial charge in [0.1, 0.15) is 0 Å². The first-order chi connectivity index (χ1) is 13.5. The molecule has 1 aliphatic heterocycles. The summed E-state index contributed by atoms with van der Waals surface area (Å²) in [6.07, 6.45) is 5.18. The Labute approximate surface area is 164 Å². The van der Waals surface area contributed by atoms with Crippen molar-refractivity contribution in [3.05, 3.63) is 75.4 Å². The molecule has 2 aromatic heterocycles. The van der Waals surface area contributed by atoms with E-state index in [1.165, 1.54) is 23.5 Å². The van der Waals surface area contributed by atoms with Crippen LogP contribution in [0.5, 0.6) is 0 Å². The maximum Gasteiger partial charge on any atom is 0.269 e. The standard InChI is InChI=1S/C19H15N5O3S/c1-12-16(9-13-4-6-15(7-5-13)24(26)27)18(25)22-23(12)19-21-17(11-28-19)14-3-2-8-20-10-14/h2-12H,1H3,(H,22,25)/b16-9-. The predicted octanol–water partition coefficient (Wildman–Crippen LogP) is 3.44. The minimum atomic E-state index is -0.453. The lowest BCUT2D eigenvalue weighted by Gasteiger charge is -2.18. The van der Waals surface area contributed by atoms with Crippen molar-refractivity contribution in [2.45, 2.75) is 13.0 Å². The van der Waals surface area contributed by atoms with E-state index in [2.05, 4.69) is 15.4 Å². The van der Waals surface area contributed by atoms with Crippen molar-refractivity contribution < 1.29 is 9.72 Å². The minimum Gasteiger partial charge on any atom is -0.268 e. The number of benzene rings is 1. The molecule has 1 aromatic carbocycles. The number of hydrogen-bond acceptors (Lipinski definition) is 7. The Bertz CT molecular complexity index is 1060. The number of anilines is 1. The Morgan fingerprint density at radius 2 is 2.07 bits per heavy atom. The van der Waals surface area contributed by atoms with Crippen LogP contribution in [0.3, 0.4) is 0 Å². The number of thiazole rings is 1. The van der Waals surface area contributed by atoms with E-state index in [0.717, 1.165) is 16.8 Å². The molecule has 0 radical (unpaired) electrons. The summed E-state index contributed by atoms with van der Waals surface area (Å²) in [6.45, 7) is 1.90. The van der Waals surface area contributed by atoms with Crippen molar-refractivity contribution in [3.8, 4) is 11.3 Å². The van der Waals surface area contributed by atoms with Crippen LogP contribution >= 0.6 is 11.3 Å². The van der Waals surface area contributed by atoms with Gasteiger partial charge in [0.25, 0.3) is 11.6 Å². The molecular formula is C19H15N5O3S. The van der Waals surface area contributed by atoms with E-state index in [0.29, 0.717) is 10.7 Å². The van der Waals surface area contributed by atoms with Gasteiger partial charge >= 0.3 is 0 Å². The number of aromatic nitrogens is 2. The maximum atomic E-state index is 12.5. The summed E-state index contributed by atoms with van der Waals surface area (Å²) in [4.78, 5) is 31.5. The molecule has 0 bridgehead atoms. The largest absolute Gasteiger partial charge is 0.269 e. The van der Waals surface area contributed by atoms with Gasteiger partial charge in [-0.25, -0.2) is 4.98 Å². The van der Waals surface area contributed by atoms with Crippen molar-refractivity contribution in [1.29, 1.82) is 0 Å². The third kappa shape index (κ3) is 3.35. The molecule has 28 heavy (non-hydrogen) atoms. The maximum absolute atomic E-state index is 12.5. The lowest BCUT2D eigenvalue weighted by molar-refractivity contribution is -0.384. The van der Waals surface area contributed by atoms with Crippen LogP contribution in [0.1, 0.15) is 12.5 Å². The van der Waals surface area contributed by atoms with E-state index in [4.69, 9.17) is 0 Å². The molecule has 0 saturated carbocycles. The molecule has 9 heteroatoms. The smallest absolute Gasteiger partial charge is 0.268 e. The van der Waals surface area contributed by atoms with Gasteiger partial charge in [0.2, 0.25) is 5.13 Å². The monoisotopic (exact) mass is 393 g/mol. The van der Waals surface area contributed by atoms with E-state index in [1.807, 2.05) is 24.4 Å². The number of carbonyl (C=O) groups is 1. The molecule has 1 N–H and O–H groups in total. The zero-order valence-electron chi connectivity index (χ0n) is 14.8. The molecule has 1 fully saturated rings. The van der Waals surface area contributed by atoms with Gasteiger partial charge in [0.15, 0.2) is 0 Å². The molecule has 0 spiro atoms. The lowest BCUT2D eigenvalue weighted by Crippen LogP contribution is -2.36. The first-order valence-corrected chi connectivity index (χ1v) is 9.33. The highest BCUT2D eigenvalue weighted by Crippen LogP contribution is 2.31. The molecule has 4 rings (SSSR count). The summed E-state index contributed by atoms with van der Waals surface area (Å²) in [5.41, 5.74) is 5.83. The fraction of sp³-hybridized carbons (Fsp3) is 0.105. The number of non-ortho nitro benzene ring substituents is 1. The zero-order valence-corrected chi connectivity index (χ0v) is 15.6. The fourth-order valence-electron chi connectivity index (χ4n) is 2.89. The second-order valence-electron chi connectivity index (χ2n) is 6.19. The Morgan fingerprint density at radius 1 is 1.29 bits per heavy atom. The molecule has 3 aromatic rings. The van der Waals surface area contributed by atoms with Gasteiger partial charge < -0.3 is 0 Å². The number of pyridine rings is 1. The van der Waals surface area contributed by atoms with Gasteiger partial charge in [0, 0.05) is 41.0 Å². The fourth-order valence-corrected chi connectivity index (χ4v) is 3.77. The number of nitro groups is 1. The first-order valence-electron chi connectivity index (χ1n) is 8.45. The van der Waals surface area contributed by atoms with Crippen molar-refractivity contribution in [3.63, 3.8) is 0 Å². The van der Waals surface area contributed by atoms with Gasteiger partial charge in [-0.2, -0.15) is 0 Å². The molecule has 1 unspecified atom stereocenters. The molecular weight excluding hydrogens is 378 g/mol. The number of nitrogens with one attached hydrogen (secondary N) is 1. The van der Waals surface area contributed by atoms with Gasteiger partial charge in [-0.05, 0) is 42.8 Å². The molecule has 1 atom stereocenters. The van der Waals surface area contributed by atoms with Gasteiger partial charge in [0.05, 0.1) is 16.7 Å². The highest BCUT2D eigenvalue weighted by Gasteiger charge is 2.34. The summed E-state index contributed by atoms with van der Waals surface area (Å²) in [5, 5.41) is 15.1. The Morgan fingerprint density at radius 3 is 2.75 bits per heavy atom. The molecule has 0 aliphatic carbocycles. The number of nitro benzene ring substituents is 1. The van der Waals surface area contributed by atoms with Crippen LogP contribution < -0.4 is 10.4 Å². The summed E-state index contributed by atoms with van der Waals surface area (Å²) in [6, 6.07) is 9.62. The quantitative estimate of drug-likeness (QED) is 0.414. The third-order valence-corrected chi connectivity index (χ3v) is 5.24. The van der Waals surface area contributed by atoms with Crippen molar-refractivity contribution >= 4 is 34.1 Å². The summed E-state index contributed by atoms with van der Waals surface area (Å²) in [5.74, 6) is -0.219. The van der Waals surface area contributed by atoms with E-state index < -0.39 is 4.92 Å². The lowest BCUT2D eigenvalue weighted by atomic mass is 10.1. The van der Waals surface area contributed by atoms with Crippen LogP contribution in [0.15, 0.2) is 59.7 Å². The number of carbonyl (C=O) groups excluding carboxylic acids is 1. The van der Waals surface area contributed by atoms with Crippen LogP contribution in [0.25, 0.3) is 17.3 Å². The number of hydrogen-bond donors (Lipinski definition) is 1. The summed E-state index contributed by atoms with van der Waals surface area (Å²) < 4.78 is 0. The minimum absolute atomic E-state index is 0.0124.